The zero-order valence-corrected chi connectivity index (χ0v) is 11.2. The third-order valence-corrected chi connectivity index (χ3v) is 2.20. The first-order valence-electron chi connectivity index (χ1n) is 5.81. The van der Waals surface area contributed by atoms with Gasteiger partial charge in [-0.1, -0.05) is 18.1 Å². The number of terminal acetylenes is 1. The van der Waals surface area contributed by atoms with E-state index in [1.54, 1.807) is 45.0 Å². The Kier molecular flexibility index (Phi) is 4.56. The number of alkyl carbamates (subject to hydrolysis) is 1. The number of hydrogen-bond donors (Lipinski definition) is 1. The summed E-state index contributed by atoms with van der Waals surface area (Å²) < 4.78 is 5.14. The van der Waals surface area contributed by atoms with Crippen molar-refractivity contribution in [1.82, 2.24) is 5.32 Å². The molecule has 0 saturated carbocycles. The van der Waals surface area contributed by atoms with Crippen LogP contribution in [0.5, 0.6) is 0 Å². The highest BCUT2D eigenvalue weighted by atomic mass is 16.6. The zero-order chi connectivity index (χ0) is 14.5. The summed E-state index contributed by atoms with van der Waals surface area (Å²) in [6.07, 6.45) is 4.83. The van der Waals surface area contributed by atoms with Gasteiger partial charge in [0.05, 0.1) is 11.6 Å². The quantitative estimate of drug-likeness (QED) is 0.827. The Labute approximate surface area is 113 Å². The van der Waals surface area contributed by atoms with Gasteiger partial charge in [0.1, 0.15) is 11.6 Å². The molecular weight excluding hydrogens is 240 g/mol. The molecule has 0 radical (unpaired) electrons. The van der Waals surface area contributed by atoms with Gasteiger partial charge >= 0.3 is 6.09 Å². The number of nitrogens with one attached hydrogen (secondary N) is 1. The molecular formula is C15H16N2O2. The van der Waals surface area contributed by atoms with Crippen molar-refractivity contribution >= 4 is 6.09 Å². The molecule has 19 heavy (non-hydrogen) atoms. The molecule has 1 aromatic carbocycles. The topological polar surface area (TPSA) is 62.1 Å². The number of rotatable bonds is 2. The van der Waals surface area contributed by atoms with Gasteiger partial charge in [-0.25, -0.2) is 4.79 Å². The van der Waals surface area contributed by atoms with E-state index in [2.05, 4.69) is 11.2 Å². The number of benzene rings is 1. The predicted molar refractivity (Wildman–Crippen MR) is 72.1 cm³/mol. The second kappa shape index (κ2) is 5.93. The molecule has 0 aliphatic rings. The van der Waals surface area contributed by atoms with Crippen LogP contribution in [0.25, 0.3) is 0 Å². The summed E-state index contributed by atoms with van der Waals surface area (Å²) in [5, 5.41) is 11.3. The molecule has 0 spiro atoms. The van der Waals surface area contributed by atoms with Crippen LogP contribution in [0.3, 0.4) is 0 Å². The molecule has 0 bridgehead atoms. The highest BCUT2D eigenvalue weighted by molar-refractivity contribution is 5.69. The Morgan fingerprint density at radius 2 is 1.95 bits per heavy atom. The van der Waals surface area contributed by atoms with Gasteiger partial charge in [0.25, 0.3) is 0 Å². The Hall–Kier alpha value is -2.46. The normalized spacial score (nSPS) is 11.8. The molecule has 1 N–H and O–H groups in total. The van der Waals surface area contributed by atoms with Crippen LogP contribution in [0.4, 0.5) is 4.79 Å². The van der Waals surface area contributed by atoms with Crippen molar-refractivity contribution in [2.24, 2.45) is 0 Å². The third-order valence-electron chi connectivity index (χ3n) is 2.20. The summed E-state index contributed by atoms with van der Waals surface area (Å²) in [7, 11) is 0. The van der Waals surface area contributed by atoms with Crippen molar-refractivity contribution in [3.63, 3.8) is 0 Å². The van der Waals surface area contributed by atoms with Crippen LogP contribution in [-0.4, -0.2) is 11.7 Å². The van der Waals surface area contributed by atoms with E-state index < -0.39 is 17.7 Å². The molecule has 0 aliphatic carbocycles. The summed E-state index contributed by atoms with van der Waals surface area (Å²) in [4.78, 5) is 11.6. The fourth-order valence-corrected chi connectivity index (χ4v) is 1.40. The maximum absolute atomic E-state index is 11.6. The van der Waals surface area contributed by atoms with Crippen LogP contribution in [0.1, 0.15) is 37.9 Å². The number of nitrogens with zero attached hydrogens (tertiary/aromatic N) is 1. The first-order valence-corrected chi connectivity index (χ1v) is 5.81. The van der Waals surface area contributed by atoms with Crippen LogP contribution in [0, 0.1) is 23.7 Å². The van der Waals surface area contributed by atoms with Crippen LogP contribution in [0.15, 0.2) is 24.3 Å². The summed E-state index contributed by atoms with van der Waals surface area (Å²) in [6.45, 7) is 5.33. The number of hydrogen-bond acceptors (Lipinski definition) is 3. The molecule has 1 aromatic rings. The van der Waals surface area contributed by atoms with E-state index >= 15 is 0 Å². The molecule has 98 valence electrons. The van der Waals surface area contributed by atoms with Gasteiger partial charge in [-0.15, -0.1) is 6.42 Å². The van der Waals surface area contributed by atoms with Gasteiger partial charge in [0.2, 0.25) is 0 Å². The molecule has 4 nitrogen and oxygen atoms in total. The summed E-state index contributed by atoms with van der Waals surface area (Å²) in [6, 6.07) is 8.15. The summed E-state index contributed by atoms with van der Waals surface area (Å²) in [5.41, 5.74) is 0.692. The van der Waals surface area contributed by atoms with Gasteiger partial charge in [0, 0.05) is 0 Å². The first kappa shape index (κ1) is 14.6. The lowest BCUT2D eigenvalue weighted by atomic mass is 10.1. The number of carbonyl (C=O) groups is 1. The van der Waals surface area contributed by atoms with Crippen molar-refractivity contribution in [3.05, 3.63) is 35.4 Å². The van der Waals surface area contributed by atoms with E-state index in [0.717, 1.165) is 5.56 Å². The van der Waals surface area contributed by atoms with E-state index in [1.165, 1.54) is 0 Å². The number of nitriles is 1. The maximum Gasteiger partial charge on any atom is 0.408 e. The van der Waals surface area contributed by atoms with Gasteiger partial charge < -0.3 is 10.1 Å². The molecule has 1 rings (SSSR count). The first-order chi connectivity index (χ1) is 8.85. The maximum atomic E-state index is 11.6. The molecule has 4 heteroatoms. The molecule has 0 heterocycles. The number of amides is 1. The average molecular weight is 256 g/mol. The van der Waals surface area contributed by atoms with E-state index in [-0.39, 0.29) is 0 Å². The fraction of sp³-hybridized carbons (Fsp3) is 0.333. The molecule has 1 atom stereocenters. The SMILES string of the molecule is C#CC(NC(=O)OC(C)(C)C)c1ccc(C#N)cc1. The Morgan fingerprint density at radius 3 is 2.37 bits per heavy atom. The molecule has 0 aromatic heterocycles. The van der Waals surface area contributed by atoms with Crippen molar-refractivity contribution < 1.29 is 9.53 Å². The second-order valence-corrected chi connectivity index (χ2v) is 4.98. The molecule has 1 amide bonds. The van der Waals surface area contributed by atoms with Gasteiger partial charge in [-0.05, 0) is 38.5 Å². The Balaban J connectivity index is 2.76. The number of carbonyl (C=O) groups excluding carboxylic acids is 1. The minimum atomic E-state index is -0.581. The van der Waals surface area contributed by atoms with Crippen LogP contribution >= 0.6 is 0 Å². The van der Waals surface area contributed by atoms with Crippen molar-refractivity contribution in [1.29, 1.82) is 5.26 Å². The fourth-order valence-electron chi connectivity index (χ4n) is 1.40. The lowest BCUT2D eigenvalue weighted by molar-refractivity contribution is 0.0516. The monoisotopic (exact) mass is 256 g/mol. The highest BCUT2D eigenvalue weighted by Gasteiger charge is 2.19. The van der Waals surface area contributed by atoms with Gasteiger partial charge in [0.15, 0.2) is 0 Å². The largest absolute Gasteiger partial charge is 0.444 e. The summed E-state index contributed by atoms with van der Waals surface area (Å²) >= 11 is 0. The Bertz CT molecular complexity index is 527. The van der Waals surface area contributed by atoms with Crippen molar-refractivity contribution in [3.8, 4) is 18.4 Å². The minimum absolute atomic E-state index is 0.539. The lowest BCUT2D eigenvalue weighted by Crippen LogP contribution is -2.34. The van der Waals surface area contributed by atoms with Crippen LogP contribution in [0.2, 0.25) is 0 Å². The van der Waals surface area contributed by atoms with Crippen LogP contribution < -0.4 is 5.32 Å². The van der Waals surface area contributed by atoms with Crippen LogP contribution in [-0.2, 0) is 4.74 Å². The molecule has 1 unspecified atom stereocenters. The standard InChI is InChI=1S/C15H16N2O2/c1-5-13(17-14(18)19-15(2,3)4)12-8-6-11(10-16)7-9-12/h1,6-9,13H,2-4H3,(H,17,18). The smallest absolute Gasteiger partial charge is 0.408 e. The van der Waals surface area contributed by atoms with Gasteiger partial charge in [-0.3, -0.25) is 0 Å². The average Bonchev–Trinajstić information content (AvgIpc) is 2.34. The zero-order valence-electron chi connectivity index (χ0n) is 11.2. The van der Waals surface area contributed by atoms with Gasteiger partial charge in [-0.2, -0.15) is 5.26 Å². The summed E-state index contributed by atoms with van der Waals surface area (Å²) in [5.74, 6) is 2.48. The molecule has 0 aliphatic heterocycles. The molecule has 0 fully saturated rings. The predicted octanol–water partition coefficient (Wildman–Crippen LogP) is 2.76. The van der Waals surface area contributed by atoms with Crippen molar-refractivity contribution in [2.75, 3.05) is 0 Å². The van der Waals surface area contributed by atoms with E-state index in [9.17, 15) is 4.79 Å². The minimum Gasteiger partial charge on any atom is -0.444 e. The second-order valence-electron chi connectivity index (χ2n) is 4.98. The number of ether oxygens (including phenoxy) is 1. The van der Waals surface area contributed by atoms with E-state index in [1.807, 2.05) is 6.07 Å². The van der Waals surface area contributed by atoms with E-state index in [4.69, 9.17) is 16.4 Å². The molecule has 0 saturated heterocycles. The van der Waals surface area contributed by atoms with E-state index in [0.29, 0.717) is 5.56 Å². The Morgan fingerprint density at radius 1 is 1.37 bits per heavy atom. The third kappa shape index (κ3) is 4.73. The highest BCUT2D eigenvalue weighted by Crippen LogP contribution is 2.14. The lowest BCUT2D eigenvalue weighted by Gasteiger charge is -2.21. The van der Waals surface area contributed by atoms with Crippen molar-refractivity contribution in [2.45, 2.75) is 32.4 Å².